The Morgan fingerprint density at radius 1 is 1.15 bits per heavy atom. The number of benzene rings is 2. The average Bonchev–Trinajstić information content (AvgIpc) is 3.18. The van der Waals surface area contributed by atoms with Gasteiger partial charge in [0, 0.05) is 5.02 Å². The van der Waals surface area contributed by atoms with Crippen molar-refractivity contribution in [2.75, 3.05) is 0 Å². The molecule has 3 aromatic rings. The minimum atomic E-state index is -1.03. The van der Waals surface area contributed by atoms with Crippen LogP contribution in [0.4, 0.5) is 0 Å². The fourth-order valence-corrected chi connectivity index (χ4v) is 2.68. The number of rotatable bonds is 6. The largest absolute Gasteiger partial charge is 0.478 e. The van der Waals surface area contributed by atoms with E-state index in [0.717, 1.165) is 11.3 Å². The topological polar surface area (TPSA) is 69.0 Å². The second-order valence-electron chi connectivity index (χ2n) is 6.69. The highest BCUT2D eigenvalue weighted by atomic mass is 35.5. The zero-order valence-electron chi connectivity index (χ0n) is 15.4. The van der Waals surface area contributed by atoms with Crippen molar-refractivity contribution in [1.29, 1.82) is 0 Å². The third-order valence-corrected chi connectivity index (χ3v) is 4.41. The summed E-state index contributed by atoms with van der Waals surface area (Å²) in [6.45, 7) is 5.40. The molecule has 0 bridgehead atoms. The standard InChI is InChI=1S/C20H21ClN4O2/c1-14(15-4-8-17(9-5-15)25-13-22-12-23-25)24-19(26)20(2,3)27-18-10-6-16(21)7-11-18/h4-14H,1-3H3,(H,24,26)/t14-/m0/s1. The number of aromatic nitrogens is 3. The Bertz CT molecular complexity index is 891. The van der Waals surface area contributed by atoms with Crippen LogP contribution in [-0.4, -0.2) is 26.3 Å². The van der Waals surface area contributed by atoms with Crippen molar-refractivity contribution in [1.82, 2.24) is 20.1 Å². The van der Waals surface area contributed by atoms with Gasteiger partial charge in [-0.25, -0.2) is 9.67 Å². The van der Waals surface area contributed by atoms with E-state index >= 15 is 0 Å². The van der Waals surface area contributed by atoms with Crippen molar-refractivity contribution >= 4 is 17.5 Å². The van der Waals surface area contributed by atoms with Crippen LogP contribution in [-0.2, 0) is 4.79 Å². The Morgan fingerprint density at radius 2 is 1.81 bits per heavy atom. The lowest BCUT2D eigenvalue weighted by atomic mass is 10.0. The highest BCUT2D eigenvalue weighted by molar-refractivity contribution is 6.30. The van der Waals surface area contributed by atoms with E-state index in [4.69, 9.17) is 16.3 Å². The van der Waals surface area contributed by atoms with Gasteiger partial charge in [0.15, 0.2) is 5.60 Å². The van der Waals surface area contributed by atoms with E-state index in [9.17, 15) is 4.79 Å². The first-order chi connectivity index (χ1) is 12.8. The van der Waals surface area contributed by atoms with Crippen molar-refractivity contribution in [2.45, 2.75) is 32.4 Å². The number of carbonyl (C=O) groups is 1. The fraction of sp³-hybridized carbons (Fsp3) is 0.250. The predicted molar refractivity (Wildman–Crippen MR) is 104 cm³/mol. The van der Waals surface area contributed by atoms with Crippen LogP contribution in [0.3, 0.4) is 0 Å². The molecule has 0 aliphatic heterocycles. The van der Waals surface area contributed by atoms with E-state index in [-0.39, 0.29) is 11.9 Å². The molecule has 1 aromatic heterocycles. The molecule has 3 rings (SSSR count). The van der Waals surface area contributed by atoms with Gasteiger partial charge in [-0.1, -0.05) is 23.7 Å². The van der Waals surface area contributed by atoms with E-state index in [1.165, 1.54) is 6.33 Å². The number of hydrogen-bond donors (Lipinski definition) is 1. The zero-order chi connectivity index (χ0) is 19.4. The number of carbonyl (C=O) groups excluding carboxylic acids is 1. The number of halogens is 1. The van der Waals surface area contributed by atoms with Crippen molar-refractivity contribution in [2.24, 2.45) is 0 Å². The molecule has 0 saturated carbocycles. The summed E-state index contributed by atoms with van der Waals surface area (Å²) in [7, 11) is 0. The highest BCUT2D eigenvalue weighted by Crippen LogP contribution is 2.22. The smallest absolute Gasteiger partial charge is 0.264 e. The van der Waals surface area contributed by atoms with Crippen LogP contribution in [0, 0.1) is 0 Å². The molecule has 27 heavy (non-hydrogen) atoms. The fourth-order valence-electron chi connectivity index (χ4n) is 2.55. The van der Waals surface area contributed by atoms with Gasteiger partial charge in [-0.15, -0.1) is 0 Å². The molecule has 0 unspecified atom stereocenters. The summed E-state index contributed by atoms with van der Waals surface area (Å²) in [5, 5.41) is 7.71. The minimum absolute atomic E-state index is 0.171. The molecule has 0 spiro atoms. The van der Waals surface area contributed by atoms with Gasteiger partial charge in [-0.2, -0.15) is 5.10 Å². The van der Waals surface area contributed by atoms with Crippen LogP contribution < -0.4 is 10.1 Å². The van der Waals surface area contributed by atoms with Crippen LogP contribution in [0.5, 0.6) is 5.75 Å². The first-order valence-electron chi connectivity index (χ1n) is 8.56. The molecule has 6 nitrogen and oxygen atoms in total. The molecular formula is C20H21ClN4O2. The maximum atomic E-state index is 12.7. The number of nitrogens with zero attached hydrogens (tertiary/aromatic N) is 3. The molecule has 0 aliphatic carbocycles. The van der Waals surface area contributed by atoms with Gasteiger partial charge in [-0.3, -0.25) is 4.79 Å². The molecule has 1 heterocycles. The van der Waals surface area contributed by atoms with Gasteiger partial charge in [0.1, 0.15) is 18.4 Å². The SMILES string of the molecule is C[C@H](NC(=O)C(C)(C)Oc1ccc(Cl)cc1)c1ccc(-n2cncn2)cc1. The maximum absolute atomic E-state index is 12.7. The van der Waals surface area contributed by atoms with Crippen molar-refractivity contribution in [3.8, 4) is 11.4 Å². The molecule has 0 radical (unpaired) electrons. The maximum Gasteiger partial charge on any atom is 0.264 e. The quantitative estimate of drug-likeness (QED) is 0.698. The van der Waals surface area contributed by atoms with Crippen molar-refractivity contribution in [3.63, 3.8) is 0 Å². The normalized spacial score (nSPS) is 12.4. The second kappa shape index (κ2) is 7.80. The summed E-state index contributed by atoms with van der Waals surface area (Å²) in [6.07, 6.45) is 3.12. The summed E-state index contributed by atoms with van der Waals surface area (Å²) >= 11 is 5.88. The van der Waals surface area contributed by atoms with Gasteiger partial charge in [0.25, 0.3) is 5.91 Å². The Morgan fingerprint density at radius 3 is 2.41 bits per heavy atom. The number of nitrogens with one attached hydrogen (secondary N) is 1. The van der Waals surface area contributed by atoms with Gasteiger partial charge in [-0.05, 0) is 62.7 Å². The Kier molecular flexibility index (Phi) is 5.46. The summed E-state index contributed by atoms with van der Waals surface area (Å²) in [4.78, 5) is 16.6. The van der Waals surface area contributed by atoms with Gasteiger partial charge >= 0.3 is 0 Å². The lowest BCUT2D eigenvalue weighted by Gasteiger charge is -2.27. The number of hydrogen-bond acceptors (Lipinski definition) is 4. The van der Waals surface area contributed by atoms with Gasteiger partial charge < -0.3 is 10.1 Å². The molecule has 7 heteroatoms. The van der Waals surface area contributed by atoms with E-state index < -0.39 is 5.60 Å². The average molecular weight is 385 g/mol. The molecule has 1 amide bonds. The molecular weight excluding hydrogens is 364 g/mol. The number of amides is 1. The first kappa shape index (κ1) is 18.9. The van der Waals surface area contributed by atoms with E-state index in [2.05, 4.69) is 15.4 Å². The lowest BCUT2D eigenvalue weighted by Crippen LogP contribution is -2.47. The Hall–Kier alpha value is -2.86. The van der Waals surface area contributed by atoms with Crippen LogP contribution in [0.2, 0.25) is 5.02 Å². The monoisotopic (exact) mass is 384 g/mol. The first-order valence-corrected chi connectivity index (χ1v) is 8.93. The molecule has 2 aromatic carbocycles. The second-order valence-corrected chi connectivity index (χ2v) is 7.13. The van der Waals surface area contributed by atoms with E-state index in [1.54, 1.807) is 49.1 Å². The highest BCUT2D eigenvalue weighted by Gasteiger charge is 2.31. The Balaban J connectivity index is 1.64. The predicted octanol–water partition coefficient (Wildman–Crippen LogP) is 3.96. The molecule has 1 N–H and O–H groups in total. The number of ether oxygens (including phenoxy) is 1. The minimum Gasteiger partial charge on any atom is -0.478 e. The zero-order valence-corrected chi connectivity index (χ0v) is 16.1. The van der Waals surface area contributed by atoms with Gasteiger partial charge in [0.2, 0.25) is 0 Å². The molecule has 140 valence electrons. The van der Waals surface area contributed by atoms with Crippen LogP contribution in [0.25, 0.3) is 5.69 Å². The third kappa shape index (κ3) is 4.65. The van der Waals surface area contributed by atoms with E-state index in [1.807, 2.05) is 31.2 Å². The van der Waals surface area contributed by atoms with Crippen LogP contribution in [0.1, 0.15) is 32.4 Å². The van der Waals surface area contributed by atoms with Crippen molar-refractivity contribution < 1.29 is 9.53 Å². The summed E-state index contributed by atoms with van der Waals surface area (Å²) in [6, 6.07) is 14.5. The van der Waals surface area contributed by atoms with Gasteiger partial charge in [0.05, 0.1) is 11.7 Å². The van der Waals surface area contributed by atoms with E-state index in [0.29, 0.717) is 10.8 Å². The lowest BCUT2D eigenvalue weighted by molar-refractivity contribution is -0.134. The Labute approximate surface area is 163 Å². The summed E-state index contributed by atoms with van der Waals surface area (Å²) in [5.74, 6) is 0.384. The van der Waals surface area contributed by atoms with Crippen molar-refractivity contribution in [3.05, 3.63) is 71.8 Å². The molecule has 1 atom stereocenters. The molecule has 0 aliphatic rings. The van der Waals surface area contributed by atoms with Crippen LogP contribution >= 0.6 is 11.6 Å². The summed E-state index contributed by atoms with van der Waals surface area (Å²) in [5.41, 5.74) is 0.860. The summed E-state index contributed by atoms with van der Waals surface area (Å²) < 4.78 is 7.51. The molecule has 0 saturated heterocycles. The third-order valence-electron chi connectivity index (χ3n) is 4.16. The molecule has 0 fully saturated rings. The van der Waals surface area contributed by atoms with Crippen LogP contribution in [0.15, 0.2) is 61.2 Å².